The lowest BCUT2D eigenvalue weighted by Gasteiger charge is -2.37. The summed E-state index contributed by atoms with van der Waals surface area (Å²) in [7, 11) is 1.63. The fourth-order valence-electron chi connectivity index (χ4n) is 4.76. The summed E-state index contributed by atoms with van der Waals surface area (Å²) in [5.41, 5.74) is 11.3. The number of hydrogen-bond acceptors (Lipinski definition) is 5. The van der Waals surface area contributed by atoms with Crippen LogP contribution in [0.3, 0.4) is 0 Å². The van der Waals surface area contributed by atoms with E-state index in [0.29, 0.717) is 16.9 Å². The standard InChI is InChI=1S/C27H29N3O4/c1-34-24-13-10-20(17-23(24)19-6-5-7-21(28)16-19)27(14-3-2-4-15-27)26(32)29-22-11-8-18(9-12-22)25(31)30-33/h5-13,16-17,33H,2-4,14-15,28H2,1H3,(H,29,32)(H,30,31). The monoisotopic (exact) mass is 459 g/mol. The molecule has 1 aliphatic carbocycles. The predicted molar refractivity (Wildman–Crippen MR) is 132 cm³/mol. The van der Waals surface area contributed by atoms with Crippen molar-refractivity contribution in [2.24, 2.45) is 0 Å². The van der Waals surface area contributed by atoms with Crippen LogP contribution in [-0.2, 0) is 10.2 Å². The van der Waals surface area contributed by atoms with Crippen molar-refractivity contribution in [3.8, 4) is 16.9 Å². The van der Waals surface area contributed by atoms with Crippen molar-refractivity contribution < 1.29 is 19.5 Å². The van der Waals surface area contributed by atoms with Crippen molar-refractivity contribution in [3.05, 3.63) is 77.9 Å². The van der Waals surface area contributed by atoms with Crippen LogP contribution in [0.15, 0.2) is 66.7 Å². The Morgan fingerprint density at radius 2 is 1.71 bits per heavy atom. The number of benzene rings is 3. The minimum atomic E-state index is -0.680. The number of nitrogens with one attached hydrogen (secondary N) is 2. The molecule has 1 aliphatic rings. The molecule has 1 saturated carbocycles. The van der Waals surface area contributed by atoms with Gasteiger partial charge < -0.3 is 15.8 Å². The Labute approximate surface area is 198 Å². The Morgan fingerprint density at radius 1 is 0.971 bits per heavy atom. The van der Waals surface area contributed by atoms with E-state index in [1.54, 1.807) is 36.9 Å². The van der Waals surface area contributed by atoms with Crippen LogP contribution in [0.4, 0.5) is 11.4 Å². The van der Waals surface area contributed by atoms with Gasteiger partial charge in [-0.25, -0.2) is 5.48 Å². The minimum Gasteiger partial charge on any atom is -0.496 e. The van der Waals surface area contributed by atoms with Gasteiger partial charge in [0.1, 0.15) is 5.75 Å². The highest BCUT2D eigenvalue weighted by Crippen LogP contribution is 2.43. The van der Waals surface area contributed by atoms with Gasteiger partial charge in [-0.15, -0.1) is 0 Å². The first-order valence-corrected chi connectivity index (χ1v) is 11.4. The summed E-state index contributed by atoms with van der Waals surface area (Å²) in [6.45, 7) is 0. The van der Waals surface area contributed by atoms with E-state index in [2.05, 4.69) is 5.32 Å². The van der Waals surface area contributed by atoms with Crippen LogP contribution < -0.4 is 21.3 Å². The van der Waals surface area contributed by atoms with E-state index in [-0.39, 0.29) is 5.91 Å². The summed E-state index contributed by atoms with van der Waals surface area (Å²) in [5, 5.41) is 11.9. The number of nitrogen functional groups attached to an aromatic ring is 1. The second-order valence-electron chi connectivity index (χ2n) is 8.66. The Kier molecular flexibility index (Phi) is 6.84. The van der Waals surface area contributed by atoms with Gasteiger partial charge in [-0.2, -0.15) is 0 Å². The molecule has 3 aromatic rings. The van der Waals surface area contributed by atoms with Crippen molar-refractivity contribution in [2.45, 2.75) is 37.5 Å². The summed E-state index contributed by atoms with van der Waals surface area (Å²) < 4.78 is 5.62. The number of hydroxylamine groups is 1. The molecule has 3 aromatic carbocycles. The average molecular weight is 460 g/mol. The first-order chi connectivity index (χ1) is 16.5. The van der Waals surface area contributed by atoms with Crippen LogP contribution in [0.1, 0.15) is 48.0 Å². The van der Waals surface area contributed by atoms with Gasteiger partial charge in [-0.1, -0.05) is 37.5 Å². The quantitative estimate of drug-likeness (QED) is 0.238. The van der Waals surface area contributed by atoms with E-state index >= 15 is 0 Å². The summed E-state index contributed by atoms with van der Waals surface area (Å²) in [5.74, 6) is 0.0441. The van der Waals surface area contributed by atoms with Crippen molar-refractivity contribution >= 4 is 23.2 Å². The zero-order valence-corrected chi connectivity index (χ0v) is 19.1. The van der Waals surface area contributed by atoms with Gasteiger partial charge in [-0.3, -0.25) is 14.8 Å². The zero-order valence-electron chi connectivity index (χ0n) is 19.1. The molecule has 0 heterocycles. The first-order valence-electron chi connectivity index (χ1n) is 11.4. The molecule has 0 bridgehead atoms. The molecule has 1 fully saturated rings. The number of rotatable bonds is 6. The SMILES string of the molecule is COc1ccc(C2(C(=O)Nc3ccc(C(=O)NO)cc3)CCCCC2)cc1-c1cccc(N)c1. The van der Waals surface area contributed by atoms with Crippen molar-refractivity contribution in [2.75, 3.05) is 18.2 Å². The topological polar surface area (TPSA) is 114 Å². The molecule has 0 spiro atoms. The molecule has 0 unspecified atom stereocenters. The van der Waals surface area contributed by atoms with Crippen LogP contribution >= 0.6 is 0 Å². The Bertz CT molecular complexity index is 1180. The zero-order chi connectivity index (χ0) is 24.1. The van der Waals surface area contributed by atoms with Gasteiger partial charge in [0.05, 0.1) is 12.5 Å². The summed E-state index contributed by atoms with van der Waals surface area (Å²) in [6.07, 6.45) is 4.50. The van der Waals surface area contributed by atoms with Gasteiger partial charge >= 0.3 is 0 Å². The number of carbonyl (C=O) groups excluding carboxylic acids is 2. The molecule has 4 rings (SSSR count). The average Bonchev–Trinajstić information content (AvgIpc) is 2.88. The molecule has 0 aliphatic heterocycles. The lowest BCUT2D eigenvalue weighted by molar-refractivity contribution is -0.122. The number of hydrogen-bond donors (Lipinski definition) is 4. The summed E-state index contributed by atoms with van der Waals surface area (Å²) >= 11 is 0. The lowest BCUT2D eigenvalue weighted by Crippen LogP contribution is -2.42. The molecule has 7 heteroatoms. The molecule has 176 valence electrons. The Balaban J connectivity index is 1.70. The van der Waals surface area contributed by atoms with Gasteiger partial charge in [0.2, 0.25) is 5.91 Å². The van der Waals surface area contributed by atoms with Gasteiger partial charge in [-0.05, 0) is 72.5 Å². The van der Waals surface area contributed by atoms with Gasteiger partial charge in [0, 0.05) is 22.5 Å². The van der Waals surface area contributed by atoms with Crippen molar-refractivity contribution in [1.82, 2.24) is 5.48 Å². The molecule has 34 heavy (non-hydrogen) atoms. The Hall–Kier alpha value is -3.84. The van der Waals surface area contributed by atoms with Gasteiger partial charge in [0.15, 0.2) is 0 Å². The van der Waals surface area contributed by atoms with Crippen molar-refractivity contribution in [3.63, 3.8) is 0 Å². The highest BCUT2D eigenvalue weighted by Gasteiger charge is 2.41. The third-order valence-electron chi connectivity index (χ3n) is 6.60. The van der Waals surface area contributed by atoms with E-state index in [4.69, 9.17) is 15.7 Å². The summed E-state index contributed by atoms with van der Waals surface area (Å²) in [6, 6.07) is 20.0. The number of amides is 2. The summed E-state index contributed by atoms with van der Waals surface area (Å²) in [4.78, 5) is 25.3. The molecule has 0 aromatic heterocycles. The molecule has 2 amide bonds. The smallest absolute Gasteiger partial charge is 0.274 e. The van der Waals surface area contributed by atoms with Crippen LogP contribution in [0, 0.1) is 0 Å². The first kappa shape index (κ1) is 23.3. The number of methoxy groups -OCH3 is 1. The van der Waals surface area contributed by atoms with Gasteiger partial charge in [0.25, 0.3) is 5.91 Å². The largest absolute Gasteiger partial charge is 0.496 e. The predicted octanol–water partition coefficient (Wildman–Crippen LogP) is 4.90. The number of anilines is 2. The van der Waals surface area contributed by atoms with E-state index < -0.39 is 11.3 Å². The molecule has 5 N–H and O–H groups in total. The molecule has 7 nitrogen and oxygen atoms in total. The molecule has 0 saturated heterocycles. The normalized spacial score (nSPS) is 14.8. The minimum absolute atomic E-state index is 0.0738. The second-order valence-corrected chi connectivity index (χ2v) is 8.66. The number of ether oxygens (including phenoxy) is 1. The molecular formula is C27H29N3O4. The van der Waals surface area contributed by atoms with Crippen LogP contribution in [0.2, 0.25) is 0 Å². The second kappa shape index (κ2) is 9.97. The fraction of sp³-hybridized carbons (Fsp3) is 0.259. The Morgan fingerprint density at radius 3 is 2.35 bits per heavy atom. The molecule has 0 atom stereocenters. The highest BCUT2D eigenvalue weighted by molar-refractivity contribution is 6.00. The maximum Gasteiger partial charge on any atom is 0.274 e. The third kappa shape index (κ3) is 4.61. The maximum atomic E-state index is 13.7. The van der Waals surface area contributed by atoms with E-state index in [1.165, 1.54) is 0 Å². The maximum absolute atomic E-state index is 13.7. The molecule has 0 radical (unpaired) electrons. The third-order valence-corrected chi connectivity index (χ3v) is 6.60. The van der Waals surface area contributed by atoms with Crippen LogP contribution in [-0.4, -0.2) is 24.1 Å². The lowest BCUT2D eigenvalue weighted by atomic mass is 9.68. The van der Waals surface area contributed by atoms with Crippen LogP contribution in [0.5, 0.6) is 5.75 Å². The van der Waals surface area contributed by atoms with E-state index in [0.717, 1.165) is 54.5 Å². The van der Waals surface area contributed by atoms with Crippen LogP contribution in [0.25, 0.3) is 11.1 Å². The molecular weight excluding hydrogens is 430 g/mol. The fourth-order valence-corrected chi connectivity index (χ4v) is 4.76. The highest BCUT2D eigenvalue weighted by atomic mass is 16.5. The number of carbonyl (C=O) groups is 2. The number of nitrogens with two attached hydrogens (primary N) is 1. The van der Waals surface area contributed by atoms with E-state index in [1.807, 2.05) is 42.5 Å². The van der Waals surface area contributed by atoms with E-state index in [9.17, 15) is 9.59 Å². The van der Waals surface area contributed by atoms with Crippen molar-refractivity contribution in [1.29, 1.82) is 0 Å².